The number of guanidine groups is 1. The average molecular weight is 311 g/mol. The lowest BCUT2D eigenvalue weighted by Gasteiger charge is -2.11. The van der Waals surface area contributed by atoms with Crippen molar-refractivity contribution in [1.29, 1.82) is 0 Å². The molecular weight excluding hydrogens is 290 g/mol. The third-order valence-corrected chi connectivity index (χ3v) is 4.45. The highest BCUT2D eigenvalue weighted by atomic mass is 32.2. The van der Waals surface area contributed by atoms with Crippen LogP contribution in [-0.2, 0) is 21.1 Å². The zero-order valence-electron chi connectivity index (χ0n) is 12.1. The van der Waals surface area contributed by atoms with Crippen LogP contribution in [0.2, 0.25) is 0 Å². The minimum atomic E-state index is -3.16. The predicted octanol–water partition coefficient (Wildman–Crippen LogP) is 0.673. The summed E-state index contributed by atoms with van der Waals surface area (Å²) < 4.78 is 28.2. The molecule has 116 valence electrons. The molecule has 0 saturated carbocycles. The predicted molar refractivity (Wildman–Crippen MR) is 81.9 cm³/mol. The molecule has 3 N–H and O–H groups in total. The van der Waals surface area contributed by atoms with Gasteiger partial charge in [-0.25, -0.2) is 13.4 Å². The van der Waals surface area contributed by atoms with Gasteiger partial charge in [-0.15, -0.1) is 0 Å². The summed E-state index contributed by atoms with van der Waals surface area (Å²) in [6, 6.07) is 6.65. The molecule has 1 saturated heterocycles. The molecule has 0 radical (unpaired) electrons. The van der Waals surface area contributed by atoms with Crippen LogP contribution in [0.3, 0.4) is 0 Å². The van der Waals surface area contributed by atoms with Crippen LogP contribution in [-0.4, -0.2) is 39.9 Å². The monoisotopic (exact) mass is 311 g/mol. The normalized spacial score (nSPS) is 19.7. The van der Waals surface area contributed by atoms with Crippen molar-refractivity contribution in [3.05, 3.63) is 29.8 Å². The second-order valence-corrected chi connectivity index (χ2v) is 7.15. The Morgan fingerprint density at radius 1 is 1.43 bits per heavy atom. The summed E-state index contributed by atoms with van der Waals surface area (Å²) in [5.74, 6) is 0.373. The van der Waals surface area contributed by atoms with E-state index in [1.54, 1.807) is 24.3 Å². The van der Waals surface area contributed by atoms with Crippen LogP contribution < -0.4 is 11.1 Å². The molecule has 1 unspecified atom stereocenters. The summed E-state index contributed by atoms with van der Waals surface area (Å²) in [5, 5.41) is 3.04. The van der Waals surface area contributed by atoms with Crippen molar-refractivity contribution in [2.24, 2.45) is 10.7 Å². The maximum Gasteiger partial charge on any atom is 0.189 e. The molecule has 0 spiro atoms. The van der Waals surface area contributed by atoms with Gasteiger partial charge < -0.3 is 15.8 Å². The lowest BCUT2D eigenvalue weighted by atomic mass is 10.2. The van der Waals surface area contributed by atoms with Gasteiger partial charge in [0.1, 0.15) is 0 Å². The summed E-state index contributed by atoms with van der Waals surface area (Å²) in [6.07, 6.45) is 3.55. The van der Waals surface area contributed by atoms with Crippen molar-refractivity contribution >= 4 is 15.8 Å². The van der Waals surface area contributed by atoms with Gasteiger partial charge in [-0.05, 0) is 30.5 Å². The second kappa shape index (κ2) is 6.91. The molecule has 0 aromatic heterocycles. The molecule has 1 aliphatic heterocycles. The van der Waals surface area contributed by atoms with Crippen LogP contribution in [0.25, 0.3) is 0 Å². The SMILES string of the molecule is CS(=O)(=O)c1ccc(CN=C(N)NCC2CCCO2)cc1. The summed E-state index contributed by atoms with van der Waals surface area (Å²) in [7, 11) is -3.16. The van der Waals surface area contributed by atoms with E-state index in [2.05, 4.69) is 10.3 Å². The number of nitrogens with one attached hydrogen (secondary N) is 1. The fourth-order valence-electron chi connectivity index (χ4n) is 2.10. The van der Waals surface area contributed by atoms with Gasteiger partial charge in [0.2, 0.25) is 0 Å². The Bertz CT molecular complexity index is 590. The van der Waals surface area contributed by atoms with Gasteiger partial charge in [-0.2, -0.15) is 0 Å². The van der Waals surface area contributed by atoms with Crippen LogP contribution in [0.4, 0.5) is 0 Å². The minimum Gasteiger partial charge on any atom is -0.376 e. The molecule has 0 bridgehead atoms. The molecule has 1 aliphatic rings. The molecule has 1 aromatic carbocycles. The van der Waals surface area contributed by atoms with Gasteiger partial charge in [-0.1, -0.05) is 12.1 Å². The van der Waals surface area contributed by atoms with Crippen LogP contribution in [0.15, 0.2) is 34.2 Å². The van der Waals surface area contributed by atoms with Crippen molar-refractivity contribution in [1.82, 2.24) is 5.32 Å². The third kappa shape index (κ3) is 5.02. The van der Waals surface area contributed by atoms with Crippen LogP contribution in [0.1, 0.15) is 18.4 Å². The molecule has 0 amide bonds. The Kier molecular flexibility index (Phi) is 5.19. The molecular formula is C14H21N3O3S. The van der Waals surface area contributed by atoms with E-state index in [4.69, 9.17) is 10.5 Å². The van der Waals surface area contributed by atoms with Gasteiger partial charge in [-0.3, -0.25) is 0 Å². The highest BCUT2D eigenvalue weighted by Gasteiger charge is 2.14. The number of nitrogens with two attached hydrogens (primary N) is 1. The summed E-state index contributed by atoms with van der Waals surface area (Å²) in [5.41, 5.74) is 6.69. The van der Waals surface area contributed by atoms with Gasteiger partial charge in [0, 0.05) is 19.4 Å². The number of hydrogen-bond donors (Lipinski definition) is 2. The largest absolute Gasteiger partial charge is 0.376 e. The number of ether oxygens (including phenoxy) is 1. The fourth-order valence-corrected chi connectivity index (χ4v) is 2.73. The van der Waals surface area contributed by atoms with E-state index in [1.807, 2.05) is 0 Å². The molecule has 0 aliphatic carbocycles. The number of aliphatic imine (C=N–C) groups is 1. The first-order valence-corrected chi connectivity index (χ1v) is 8.78. The number of sulfone groups is 1. The van der Waals surface area contributed by atoms with E-state index in [0.717, 1.165) is 25.0 Å². The molecule has 7 heteroatoms. The lowest BCUT2D eigenvalue weighted by molar-refractivity contribution is 0.114. The first kappa shape index (κ1) is 15.8. The van der Waals surface area contributed by atoms with Gasteiger partial charge in [0.05, 0.1) is 17.5 Å². The Morgan fingerprint density at radius 3 is 2.71 bits per heavy atom. The Balaban J connectivity index is 1.84. The molecule has 1 heterocycles. The first-order chi connectivity index (χ1) is 9.95. The minimum absolute atomic E-state index is 0.216. The number of benzene rings is 1. The fraction of sp³-hybridized carbons (Fsp3) is 0.500. The summed E-state index contributed by atoms with van der Waals surface area (Å²) in [4.78, 5) is 4.53. The average Bonchev–Trinajstić information content (AvgIpc) is 2.95. The molecule has 1 aromatic rings. The summed E-state index contributed by atoms with van der Waals surface area (Å²) >= 11 is 0. The van der Waals surface area contributed by atoms with Crippen LogP contribution in [0.5, 0.6) is 0 Å². The van der Waals surface area contributed by atoms with Crippen LogP contribution in [0, 0.1) is 0 Å². The van der Waals surface area contributed by atoms with E-state index >= 15 is 0 Å². The topological polar surface area (TPSA) is 93.8 Å². The molecule has 6 nitrogen and oxygen atoms in total. The lowest BCUT2D eigenvalue weighted by Crippen LogP contribution is -2.37. The molecule has 2 rings (SSSR count). The maximum absolute atomic E-state index is 11.4. The van der Waals surface area contributed by atoms with Crippen molar-refractivity contribution in [2.45, 2.75) is 30.4 Å². The zero-order chi connectivity index (χ0) is 15.3. The number of nitrogens with zero attached hydrogens (tertiary/aromatic N) is 1. The highest BCUT2D eigenvalue weighted by molar-refractivity contribution is 7.90. The Hall–Kier alpha value is -1.60. The number of hydrogen-bond acceptors (Lipinski definition) is 4. The smallest absolute Gasteiger partial charge is 0.189 e. The Labute approximate surface area is 125 Å². The Morgan fingerprint density at radius 2 is 2.14 bits per heavy atom. The van der Waals surface area contributed by atoms with Gasteiger partial charge in [0.15, 0.2) is 15.8 Å². The third-order valence-electron chi connectivity index (χ3n) is 3.32. The quantitative estimate of drug-likeness (QED) is 0.616. The van der Waals surface area contributed by atoms with Crippen molar-refractivity contribution < 1.29 is 13.2 Å². The van der Waals surface area contributed by atoms with Crippen molar-refractivity contribution in [3.8, 4) is 0 Å². The maximum atomic E-state index is 11.4. The van der Waals surface area contributed by atoms with E-state index < -0.39 is 9.84 Å². The summed E-state index contributed by atoms with van der Waals surface area (Å²) in [6.45, 7) is 1.90. The van der Waals surface area contributed by atoms with Gasteiger partial charge in [0.25, 0.3) is 0 Å². The van der Waals surface area contributed by atoms with E-state index in [1.165, 1.54) is 6.26 Å². The van der Waals surface area contributed by atoms with Crippen molar-refractivity contribution in [3.63, 3.8) is 0 Å². The second-order valence-electron chi connectivity index (χ2n) is 5.13. The number of rotatable bonds is 5. The van der Waals surface area contributed by atoms with E-state index in [0.29, 0.717) is 23.9 Å². The molecule has 1 fully saturated rings. The zero-order valence-corrected chi connectivity index (χ0v) is 12.9. The molecule has 1 atom stereocenters. The standard InChI is InChI=1S/C14H21N3O3S/c1-21(18,19)13-6-4-11(5-7-13)9-16-14(15)17-10-12-3-2-8-20-12/h4-7,12H,2-3,8-10H2,1H3,(H3,15,16,17). The van der Waals surface area contributed by atoms with E-state index in [-0.39, 0.29) is 6.10 Å². The van der Waals surface area contributed by atoms with Crippen LogP contribution >= 0.6 is 0 Å². The van der Waals surface area contributed by atoms with Crippen molar-refractivity contribution in [2.75, 3.05) is 19.4 Å². The first-order valence-electron chi connectivity index (χ1n) is 6.89. The molecule has 21 heavy (non-hydrogen) atoms. The van der Waals surface area contributed by atoms with E-state index in [9.17, 15) is 8.42 Å². The highest BCUT2D eigenvalue weighted by Crippen LogP contribution is 2.11. The van der Waals surface area contributed by atoms with Gasteiger partial charge >= 0.3 is 0 Å².